The maximum absolute atomic E-state index is 12.3. The molecule has 0 bridgehead atoms. The summed E-state index contributed by atoms with van der Waals surface area (Å²) in [6.45, 7) is 4.93. The van der Waals surface area contributed by atoms with Crippen molar-refractivity contribution in [3.63, 3.8) is 0 Å². The third kappa shape index (κ3) is 5.90. The fraction of sp³-hybridized carbons (Fsp3) is 0.316. The molecule has 0 saturated carbocycles. The minimum Gasteiger partial charge on any atom is -0.357 e. The van der Waals surface area contributed by atoms with Gasteiger partial charge in [-0.2, -0.15) is 0 Å². The fourth-order valence-corrected chi connectivity index (χ4v) is 3.51. The molecule has 2 N–H and O–H groups in total. The van der Waals surface area contributed by atoms with E-state index in [1.54, 1.807) is 30.3 Å². The Bertz CT molecular complexity index is 775. The van der Waals surface area contributed by atoms with Crippen molar-refractivity contribution in [1.29, 1.82) is 0 Å². The Morgan fingerprint density at radius 1 is 1.04 bits per heavy atom. The van der Waals surface area contributed by atoms with E-state index in [1.165, 1.54) is 0 Å². The summed E-state index contributed by atoms with van der Waals surface area (Å²) in [5.41, 5.74) is 1.14. The van der Waals surface area contributed by atoms with Gasteiger partial charge >= 0.3 is 0 Å². The van der Waals surface area contributed by atoms with Crippen LogP contribution in [0.15, 0.2) is 70.6 Å². The number of sulfone groups is 1. The highest BCUT2D eigenvalue weighted by molar-refractivity contribution is 7.91. The van der Waals surface area contributed by atoms with E-state index < -0.39 is 9.84 Å². The number of aliphatic imine (C=N–C) groups is 1. The van der Waals surface area contributed by atoms with Gasteiger partial charge in [-0.15, -0.1) is 0 Å². The van der Waals surface area contributed by atoms with Crippen LogP contribution in [-0.4, -0.2) is 33.2 Å². The molecule has 2 rings (SSSR count). The van der Waals surface area contributed by atoms with Crippen LogP contribution < -0.4 is 10.6 Å². The summed E-state index contributed by atoms with van der Waals surface area (Å²) in [5.74, 6) is 0.593. The Morgan fingerprint density at radius 3 is 2.24 bits per heavy atom. The highest BCUT2D eigenvalue weighted by atomic mass is 32.2. The molecule has 5 nitrogen and oxygen atoms in total. The molecule has 6 heteroatoms. The van der Waals surface area contributed by atoms with E-state index in [2.05, 4.69) is 15.6 Å². The van der Waals surface area contributed by atoms with Crippen molar-refractivity contribution in [3.8, 4) is 0 Å². The lowest BCUT2D eigenvalue weighted by atomic mass is 10.1. The van der Waals surface area contributed by atoms with Crippen LogP contribution in [0.5, 0.6) is 0 Å². The van der Waals surface area contributed by atoms with E-state index in [0.29, 0.717) is 17.4 Å². The predicted octanol–water partition coefficient (Wildman–Crippen LogP) is 2.78. The lowest BCUT2D eigenvalue weighted by Crippen LogP contribution is -2.39. The molecule has 0 spiro atoms. The van der Waals surface area contributed by atoms with Gasteiger partial charge in [-0.1, -0.05) is 48.5 Å². The van der Waals surface area contributed by atoms with Gasteiger partial charge in [-0.3, -0.25) is 4.99 Å². The second kappa shape index (κ2) is 9.22. The molecular formula is C19H25N3O2S. The lowest BCUT2D eigenvalue weighted by molar-refractivity contribution is 0.595. The number of guanidine groups is 1. The van der Waals surface area contributed by atoms with Crippen molar-refractivity contribution in [3.05, 3.63) is 66.2 Å². The van der Waals surface area contributed by atoms with Crippen LogP contribution in [0.3, 0.4) is 0 Å². The average molecular weight is 359 g/mol. The van der Waals surface area contributed by atoms with Crippen molar-refractivity contribution >= 4 is 15.8 Å². The van der Waals surface area contributed by atoms with Gasteiger partial charge in [-0.05, 0) is 31.5 Å². The molecule has 0 heterocycles. The van der Waals surface area contributed by atoms with E-state index in [1.807, 2.05) is 44.2 Å². The zero-order valence-corrected chi connectivity index (χ0v) is 15.5. The molecule has 0 aliphatic heterocycles. The zero-order chi connectivity index (χ0) is 18.1. The van der Waals surface area contributed by atoms with Crippen LogP contribution in [0.1, 0.15) is 25.5 Å². The summed E-state index contributed by atoms with van der Waals surface area (Å²) in [7, 11) is -3.31. The average Bonchev–Trinajstić information content (AvgIpc) is 2.63. The molecule has 0 aliphatic carbocycles. The summed E-state index contributed by atoms with van der Waals surface area (Å²) >= 11 is 0. The molecule has 1 unspecified atom stereocenters. The minimum atomic E-state index is -3.31. The second-order valence-electron chi connectivity index (χ2n) is 5.67. The van der Waals surface area contributed by atoms with E-state index >= 15 is 0 Å². The largest absolute Gasteiger partial charge is 0.357 e. The second-order valence-corrected chi connectivity index (χ2v) is 7.78. The molecule has 1 atom stereocenters. The van der Waals surface area contributed by atoms with Gasteiger partial charge < -0.3 is 10.6 Å². The number of nitrogens with one attached hydrogen (secondary N) is 2. The van der Waals surface area contributed by atoms with Crippen LogP contribution in [0.2, 0.25) is 0 Å². The first-order chi connectivity index (χ1) is 12.0. The maximum atomic E-state index is 12.3. The number of hydrogen-bond acceptors (Lipinski definition) is 3. The van der Waals surface area contributed by atoms with Crippen LogP contribution in [0.4, 0.5) is 0 Å². The van der Waals surface area contributed by atoms with E-state index in [4.69, 9.17) is 0 Å². The molecule has 0 fully saturated rings. The molecule has 0 aromatic heterocycles. The van der Waals surface area contributed by atoms with Gasteiger partial charge in [0.25, 0.3) is 0 Å². The van der Waals surface area contributed by atoms with E-state index in [0.717, 1.165) is 5.56 Å². The minimum absolute atomic E-state index is 0.0205. The number of hydrogen-bond donors (Lipinski definition) is 2. The molecule has 25 heavy (non-hydrogen) atoms. The lowest BCUT2D eigenvalue weighted by Gasteiger charge is -2.18. The van der Waals surface area contributed by atoms with Gasteiger partial charge in [-0.25, -0.2) is 8.42 Å². The van der Waals surface area contributed by atoms with Crippen molar-refractivity contribution < 1.29 is 8.42 Å². The van der Waals surface area contributed by atoms with Gasteiger partial charge in [0.1, 0.15) is 0 Å². The Balaban J connectivity index is 2.00. The topological polar surface area (TPSA) is 70.6 Å². The van der Waals surface area contributed by atoms with Crippen molar-refractivity contribution in [2.24, 2.45) is 4.99 Å². The first-order valence-corrected chi connectivity index (χ1v) is 10.1. The quantitative estimate of drug-likeness (QED) is 0.589. The summed E-state index contributed by atoms with van der Waals surface area (Å²) in [4.78, 5) is 4.74. The van der Waals surface area contributed by atoms with Gasteiger partial charge in [0.05, 0.1) is 23.2 Å². The van der Waals surface area contributed by atoms with E-state index in [9.17, 15) is 8.42 Å². The Labute approximate surface area is 150 Å². The Morgan fingerprint density at radius 2 is 1.64 bits per heavy atom. The molecule has 0 radical (unpaired) electrons. The van der Waals surface area contributed by atoms with Crippen molar-refractivity contribution in [1.82, 2.24) is 10.6 Å². The molecule has 0 aliphatic rings. The van der Waals surface area contributed by atoms with Gasteiger partial charge in [0.2, 0.25) is 0 Å². The molecule has 134 valence electrons. The molecule has 0 saturated heterocycles. The highest BCUT2D eigenvalue weighted by Gasteiger charge is 2.13. The SMILES string of the molecule is CCNC(=NCCS(=O)(=O)c1ccccc1)NC(C)c1ccccc1. The molecular weight excluding hydrogens is 334 g/mol. The summed E-state index contributed by atoms with van der Waals surface area (Å²) in [6, 6.07) is 18.6. The molecule has 2 aromatic carbocycles. The summed E-state index contributed by atoms with van der Waals surface area (Å²) in [6.07, 6.45) is 0. The number of nitrogens with zero attached hydrogens (tertiary/aromatic N) is 1. The number of benzene rings is 2. The first kappa shape index (κ1) is 19.0. The number of rotatable bonds is 7. The zero-order valence-electron chi connectivity index (χ0n) is 14.6. The van der Waals surface area contributed by atoms with Crippen molar-refractivity contribution in [2.45, 2.75) is 24.8 Å². The predicted molar refractivity (Wildman–Crippen MR) is 102 cm³/mol. The van der Waals surface area contributed by atoms with Gasteiger partial charge in [0.15, 0.2) is 15.8 Å². The summed E-state index contributed by atoms with van der Waals surface area (Å²) < 4.78 is 24.6. The Kier molecular flexibility index (Phi) is 7.01. The smallest absolute Gasteiger partial charge is 0.191 e. The standard InChI is InChI=1S/C19H25N3O2S/c1-3-20-19(22-16(2)17-10-6-4-7-11-17)21-14-15-25(23,24)18-12-8-5-9-13-18/h4-13,16H,3,14-15H2,1-2H3,(H2,20,21,22). The third-order valence-corrected chi connectivity index (χ3v) is 5.44. The monoisotopic (exact) mass is 359 g/mol. The van der Waals surface area contributed by atoms with Crippen LogP contribution in [0, 0.1) is 0 Å². The highest BCUT2D eigenvalue weighted by Crippen LogP contribution is 2.11. The Hall–Kier alpha value is -2.34. The molecule has 0 amide bonds. The van der Waals surface area contributed by atoms with Crippen molar-refractivity contribution in [2.75, 3.05) is 18.8 Å². The van der Waals surface area contributed by atoms with E-state index in [-0.39, 0.29) is 18.3 Å². The molecule has 2 aromatic rings. The van der Waals surface area contributed by atoms with Crippen LogP contribution >= 0.6 is 0 Å². The van der Waals surface area contributed by atoms with Crippen LogP contribution in [0.25, 0.3) is 0 Å². The first-order valence-electron chi connectivity index (χ1n) is 8.40. The maximum Gasteiger partial charge on any atom is 0.191 e. The fourth-order valence-electron chi connectivity index (χ4n) is 2.37. The summed E-state index contributed by atoms with van der Waals surface area (Å²) in [5, 5.41) is 6.46. The van der Waals surface area contributed by atoms with Crippen LogP contribution in [-0.2, 0) is 9.84 Å². The van der Waals surface area contributed by atoms with Gasteiger partial charge in [0, 0.05) is 6.54 Å². The normalized spacial score (nSPS) is 13.3. The third-order valence-electron chi connectivity index (χ3n) is 3.73.